The number of ether oxygens (including phenoxy) is 1. The predicted octanol–water partition coefficient (Wildman–Crippen LogP) is 3.30. The highest BCUT2D eigenvalue weighted by atomic mass is 16.5. The summed E-state index contributed by atoms with van der Waals surface area (Å²) in [6.07, 6.45) is 1.02. The molecule has 0 aliphatic rings. The first-order valence-electron chi connectivity index (χ1n) is 8.28. The minimum absolute atomic E-state index is 0.0588. The van der Waals surface area contributed by atoms with Crippen LogP contribution in [0.2, 0.25) is 0 Å². The van der Waals surface area contributed by atoms with Crippen LogP contribution in [0.25, 0.3) is 11.0 Å². The van der Waals surface area contributed by atoms with E-state index in [1.807, 2.05) is 16.7 Å². The second kappa shape index (κ2) is 7.07. The highest BCUT2D eigenvalue weighted by molar-refractivity contribution is 5.96. The molecule has 0 radical (unpaired) electrons. The van der Waals surface area contributed by atoms with E-state index in [1.165, 1.54) is 18.1 Å². The van der Waals surface area contributed by atoms with E-state index in [9.17, 15) is 9.90 Å². The smallest absolute Gasteiger partial charge is 0.163 e. The molecule has 25 heavy (non-hydrogen) atoms. The zero-order chi connectivity index (χ0) is 18.0. The molecule has 1 N–H and O–H groups in total. The van der Waals surface area contributed by atoms with Gasteiger partial charge < -0.3 is 14.4 Å². The van der Waals surface area contributed by atoms with Crippen molar-refractivity contribution in [3.63, 3.8) is 0 Å². The molecule has 0 spiro atoms. The quantitative estimate of drug-likeness (QED) is 0.701. The number of aliphatic hydroxyl groups excluding tert-OH is 1. The van der Waals surface area contributed by atoms with Crippen LogP contribution >= 0.6 is 0 Å². The van der Waals surface area contributed by atoms with Crippen molar-refractivity contribution in [1.29, 1.82) is 0 Å². The molecule has 0 bridgehead atoms. The Morgan fingerprint density at radius 2 is 1.96 bits per heavy atom. The Kier molecular flexibility index (Phi) is 4.86. The van der Waals surface area contributed by atoms with Gasteiger partial charge in [-0.1, -0.05) is 12.1 Å². The molecule has 0 amide bonds. The number of carbonyl (C=O) groups excluding carboxylic acids is 1. The van der Waals surface area contributed by atoms with E-state index < -0.39 is 6.10 Å². The molecule has 1 heterocycles. The minimum atomic E-state index is -0.709. The third kappa shape index (κ3) is 3.72. The van der Waals surface area contributed by atoms with E-state index >= 15 is 0 Å². The first kappa shape index (κ1) is 17.2. The molecule has 5 nitrogen and oxygen atoms in total. The topological polar surface area (TPSA) is 64.3 Å². The van der Waals surface area contributed by atoms with Gasteiger partial charge in [0.25, 0.3) is 0 Å². The van der Waals surface area contributed by atoms with Crippen molar-refractivity contribution in [2.75, 3.05) is 6.61 Å². The SMILES string of the molecule is CC(=O)c1ccccc1OCC(O)Cn1cnc2cc(C)c(C)cc21. The van der Waals surface area contributed by atoms with Gasteiger partial charge in [0.1, 0.15) is 18.5 Å². The van der Waals surface area contributed by atoms with Gasteiger partial charge in [-0.25, -0.2) is 4.98 Å². The van der Waals surface area contributed by atoms with Gasteiger partial charge in [0.05, 0.1) is 29.5 Å². The third-order valence-corrected chi connectivity index (χ3v) is 4.34. The number of nitrogens with zero attached hydrogens (tertiary/aromatic N) is 2. The summed E-state index contributed by atoms with van der Waals surface area (Å²) in [5.41, 5.74) is 4.82. The summed E-state index contributed by atoms with van der Waals surface area (Å²) in [5.74, 6) is 0.438. The maximum absolute atomic E-state index is 11.6. The molecule has 0 fully saturated rings. The highest BCUT2D eigenvalue weighted by Gasteiger charge is 2.13. The van der Waals surface area contributed by atoms with Gasteiger partial charge >= 0.3 is 0 Å². The van der Waals surface area contributed by atoms with Crippen molar-refractivity contribution in [1.82, 2.24) is 9.55 Å². The van der Waals surface area contributed by atoms with Gasteiger partial charge in [-0.15, -0.1) is 0 Å². The summed E-state index contributed by atoms with van der Waals surface area (Å²) in [6, 6.07) is 11.2. The number of aromatic nitrogens is 2. The van der Waals surface area contributed by atoms with Crippen LogP contribution in [0.4, 0.5) is 0 Å². The van der Waals surface area contributed by atoms with Crippen LogP contribution in [0.1, 0.15) is 28.4 Å². The zero-order valence-corrected chi connectivity index (χ0v) is 14.7. The predicted molar refractivity (Wildman–Crippen MR) is 97.2 cm³/mol. The molecule has 2 aromatic carbocycles. The van der Waals surface area contributed by atoms with Gasteiger partial charge in [0, 0.05) is 0 Å². The molecule has 0 saturated carbocycles. The molecule has 5 heteroatoms. The highest BCUT2D eigenvalue weighted by Crippen LogP contribution is 2.20. The van der Waals surface area contributed by atoms with E-state index in [0.717, 1.165) is 11.0 Å². The molecule has 0 aliphatic carbocycles. The lowest BCUT2D eigenvalue weighted by Gasteiger charge is -2.15. The Morgan fingerprint density at radius 3 is 2.72 bits per heavy atom. The van der Waals surface area contributed by atoms with Crippen molar-refractivity contribution in [2.45, 2.75) is 33.4 Å². The van der Waals surface area contributed by atoms with Gasteiger partial charge in [-0.2, -0.15) is 0 Å². The molecule has 1 atom stereocenters. The summed E-state index contributed by atoms with van der Waals surface area (Å²) in [7, 11) is 0. The van der Waals surface area contributed by atoms with Gasteiger partial charge in [0.2, 0.25) is 0 Å². The number of aliphatic hydroxyl groups is 1. The first-order chi connectivity index (χ1) is 12.0. The number of imidazole rings is 1. The Balaban J connectivity index is 1.70. The van der Waals surface area contributed by atoms with E-state index in [-0.39, 0.29) is 12.4 Å². The summed E-state index contributed by atoms with van der Waals surface area (Å²) in [6.45, 7) is 6.10. The van der Waals surface area contributed by atoms with Crippen molar-refractivity contribution in [3.05, 3.63) is 59.4 Å². The normalized spacial score (nSPS) is 12.3. The summed E-state index contributed by atoms with van der Waals surface area (Å²) < 4.78 is 7.58. The lowest BCUT2D eigenvalue weighted by molar-refractivity contribution is 0.0904. The maximum atomic E-state index is 11.6. The molecule has 0 aliphatic heterocycles. The molecule has 130 valence electrons. The second-order valence-electron chi connectivity index (χ2n) is 6.34. The fraction of sp³-hybridized carbons (Fsp3) is 0.300. The van der Waals surface area contributed by atoms with Crippen LogP contribution in [0.5, 0.6) is 5.75 Å². The van der Waals surface area contributed by atoms with Gasteiger partial charge in [-0.05, 0) is 56.2 Å². The molecule has 0 saturated heterocycles. The zero-order valence-electron chi connectivity index (χ0n) is 14.7. The number of hydrogen-bond donors (Lipinski definition) is 1. The molecule has 1 unspecified atom stereocenters. The fourth-order valence-electron chi connectivity index (χ4n) is 2.81. The summed E-state index contributed by atoms with van der Waals surface area (Å²) in [5, 5.41) is 10.3. The number of aryl methyl sites for hydroxylation is 2. The average molecular weight is 338 g/mol. The fourth-order valence-corrected chi connectivity index (χ4v) is 2.81. The Morgan fingerprint density at radius 1 is 1.24 bits per heavy atom. The third-order valence-electron chi connectivity index (χ3n) is 4.34. The first-order valence-corrected chi connectivity index (χ1v) is 8.28. The number of carbonyl (C=O) groups is 1. The number of rotatable bonds is 6. The largest absolute Gasteiger partial charge is 0.490 e. The molecular formula is C20H22N2O3. The van der Waals surface area contributed by atoms with Crippen LogP contribution in [0, 0.1) is 13.8 Å². The molecule has 3 rings (SSSR count). The number of Topliss-reactive ketones (excluding diaryl/α,β-unsaturated/α-hetero) is 1. The van der Waals surface area contributed by atoms with Crippen LogP contribution in [0.15, 0.2) is 42.7 Å². The molecule has 3 aromatic rings. The van der Waals surface area contributed by atoms with Crippen molar-refractivity contribution >= 4 is 16.8 Å². The number of hydrogen-bond acceptors (Lipinski definition) is 4. The number of benzene rings is 2. The van der Waals surface area contributed by atoms with Crippen molar-refractivity contribution in [2.24, 2.45) is 0 Å². The van der Waals surface area contributed by atoms with E-state index in [2.05, 4.69) is 24.9 Å². The Labute approximate surface area is 146 Å². The Bertz CT molecular complexity index is 914. The standard InChI is InChI=1S/C20H22N2O3/c1-13-8-18-19(9-14(13)2)22(12-21-18)10-16(24)11-25-20-7-5-4-6-17(20)15(3)23/h4-9,12,16,24H,10-11H2,1-3H3. The molecular weight excluding hydrogens is 316 g/mol. The van der Waals surface area contributed by atoms with Gasteiger partial charge in [0.15, 0.2) is 5.78 Å². The van der Waals surface area contributed by atoms with Crippen LogP contribution < -0.4 is 4.74 Å². The monoisotopic (exact) mass is 338 g/mol. The molecule has 1 aromatic heterocycles. The number of ketones is 1. The second-order valence-corrected chi connectivity index (χ2v) is 6.34. The maximum Gasteiger partial charge on any atom is 0.163 e. The Hall–Kier alpha value is -2.66. The van der Waals surface area contributed by atoms with Crippen molar-refractivity contribution < 1.29 is 14.6 Å². The van der Waals surface area contributed by atoms with E-state index in [1.54, 1.807) is 24.5 Å². The number of para-hydroxylation sites is 1. The van der Waals surface area contributed by atoms with Crippen LogP contribution in [-0.2, 0) is 6.54 Å². The van der Waals surface area contributed by atoms with Gasteiger partial charge in [-0.3, -0.25) is 4.79 Å². The van der Waals surface area contributed by atoms with Crippen LogP contribution in [0.3, 0.4) is 0 Å². The lowest BCUT2D eigenvalue weighted by Crippen LogP contribution is -2.23. The van der Waals surface area contributed by atoms with E-state index in [4.69, 9.17) is 4.74 Å². The summed E-state index contributed by atoms with van der Waals surface area (Å²) >= 11 is 0. The van der Waals surface area contributed by atoms with E-state index in [0.29, 0.717) is 17.9 Å². The lowest BCUT2D eigenvalue weighted by atomic mass is 10.1. The number of fused-ring (bicyclic) bond motifs is 1. The van der Waals surface area contributed by atoms with Crippen LogP contribution in [-0.4, -0.2) is 33.2 Å². The average Bonchev–Trinajstić information content (AvgIpc) is 2.95. The van der Waals surface area contributed by atoms with Crippen molar-refractivity contribution in [3.8, 4) is 5.75 Å². The summed E-state index contributed by atoms with van der Waals surface area (Å²) in [4.78, 5) is 16.0. The minimum Gasteiger partial charge on any atom is -0.490 e.